The van der Waals surface area contributed by atoms with Crippen molar-refractivity contribution < 1.29 is 13.9 Å². The van der Waals surface area contributed by atoms with Gasteiger partial charge in [0.1, 0.15) is 23.2 Å². The van der Waals surface area contributed by atoms with Crippen LogP contribution in [-0.2, 0) is 21.4 Å². The van der Waals surface area contributed by atoms with Crippen LogP contribution < -0.4 is 10.2 Å². The van der Waals surface area contributed by atoms with Gasteiger partial charge in [0, 0.05) is 68.2 Å². The number of carbonyl (C=O) groups excluding carboxylic acids is 1. The summed E-state index contributed by atoms with van der Waals surface area (Å²) >= 11 is 0. The molecule has 6 rings (SSSR count). The molecule has 222 valence electrons. The quantitative estimate of drug-likeness (QED) is 0.485. The molecule has 2 saturated heterocycles. The third-order valence-corrected chi connectivity index (χ3v) is 9.05. The van der Waals surface area contributed by atoms with Crippen molar-refractivity contribution in [2.45, 2.75) is 57.7 Å². The number of imidazole rings is 1. The Labute approximate surface area is 246 Å². The molecule has 1 amide bonds. The van der Waals surface area contributed by atoms with E-state index in [1.54, 1.807) is 18.3 Å². The number of aromatic nitrogens is 2. The van der Waals surface area contributed by atoms with Gasteiger partial charge >= 0.3 is 0 Å². The van der Waals surface area contributed by atoms with E-state index < -0.39 is 0 Å². The number of pyridine rings is 1. The van der Waals surface area contributed by atoms with E-state index in [0.29, 0.717) is 42.9 Å². The molecule has 10 heteroatoms. The van der Waals surface area contributed by atoms with Crippen molar-refractivity contribution in [1.82, 2.24) is 24.5 Å². The number of fused-ring (bicyclic) bond motifs is 3. The lowest BCUT2D eigenvalue weighted by Crippen LogP contribution is -2.62. The van der Waals surface area contributed by atoms with E-state index in [0.717, 1.165) is 61.9 Å². The lowest BCUT2D eigenvalue weighted by Gasteiger charge is -2.43. The third-order valence-electron chi connectivity index (χ3n) is 9.05. The van der Waals surface area contributed by atoms with Crippen LogP contribution in [-0.4, -0.2) is 95.7 Å². The third kappa shape index (κ3) is 5.42. The van der Waals surface area contributed by atoms with E-state index in [4.69, 9.17) is 4.74 Å². The maximum absolute atomic E-state index is 14.2. The molecule has 0 bridgehead atoms. The van der Waals surface area contributed by atoms with Crippen LogP contribution >= 0.6 is 0 Å². The fourth-order valence-electron chi connectivity index (χ4n) is 6.85. The number of nitrogens with zero attached hydrogens (tertiary/aromatic N) is 6. The molecule has 0 spiro atoms. The second kappa shape index (κ2) is 11.4. The average molecular weight is 574 g/mol. The van der Waals surface area contributed by atoms with Crippen LogP contribution in [0.25, 0.3) is 5.65 Å². The van der Waals surface area contributed by atoms with E-state index in [1.807, 2.05) is 9.30 Å². The van der Waals surface area contributed by atoms with Gasteiger partial charge in [-0.1, -0.05) is 26.0 Å². The Hall–Kier alpha value is -3.36. The molecule has 3 aliphatic rings. The van der Waals surface area contributed by atoms with Gasteiger partial charge in [-0.05, 0) is 37.6 Å². The van der Waals surface area contributed by atoms with Gasteiger partial charge in [0.05, 0.1) is 37.3 Å². The first kappa shape index (κ1) is 28.7. The van der Waals surface area contributed by atoms with Gasteiger partial charge in [-0.15, -0.1) is 0 Å². The van der Waals surface area contributed by atoms with Crippen molar-refractivity contribution in [2.75, 3.05) is 57.4 Å². The first-order chi connectivity index (χ1) is 20.1. The summed E-state index contributed by atoms with van der Waals surface area (Å²) in [6.07, 6.45) is 2.11. The van der Waals surface area contributed by atoms with Crippen LogP contribution in [0, 0.1) is 17.1 Å². The molecule has 5 heterocycles. The maximum Gasteiger partial charge on any atom is 0.241 e. The molecule has 2 fully saturated rings. The Kier molecular flexibility index (Phi) is 7.79. The van der Waals surface area contributed by atoms with E-state index in [-0.39, 0.29) is 23.2 Å². The molecule has 0 unspecified atom stereocenters. The normalized spacial score (nSPS) is 24.6. The number of hydrogen-bond donors (Lipinski definition) is 1. The Morgan fingerprint density at radius 1 is 1.24 bits per heavy atom. The summed E-state index contributed by atoms with van der Waals surface area (Å²) in [7, 11) is 0. The number of benzene rings is 1. The maximum atomic E-state index is 14.2. The molecule has 1 N–H and O–H groups in total. The average Bonchev–Trinajstić information content (AvgIpc) is 3.50. The summed E-state index contributed by atoms with van der Waals surface area (Å²) < 4.78 is 21.2. The molecular formula is C32H40FN7O2. The summed E-state index contributed by atoms with van der Waals surface area (Å²) in [6.45, 7) is 14.4. The highest BCUT2D eigenvalue weighted by atomic mass is 19.1. The largest absolute Gasteiger partial charge is 0.379 e. The molecule has 3 aromatic rings. The zero-order valence-corrected chi connectivity index (χ0v) is 24.9. The summed E-state index contributed by atoms with van der Waals surface area (Å²) in [5.41, 5.74) is 4.34. The van der Waals surface area contributed by atoms with E-state index in [2.05, 4.69) is 59.9 Å². The lowest BCUT2D eigenvalue weighted by molar-refractivity contribution is -0.121. The van der Waals surface area contributed by atoms with Crippen LogP contribution in [0.5, 0.6) is 0 Å². The van der Waals surface area contributed by atoms with Crippen LogP contribution in [0.4, 0.5) is 10.1 Å². The zero-order chi connectivity index (χ0) is 29.6. The van der Waals surface area contributed by atoms with Crippen molar-refractivity contribution in [3.63, 3.8) is 0 Å². The van der Waals surface area contributed by atoms with Crippen molar-refractivity contribution in [3.8, 4) is 6.07 Å². The topological polar surface area (TPSA) is 89.1 Å². The minimum atomic E-state index is -0.386. The minimum absolute atomic E-state index is 0.0571. The smallest absolute Gasteiger partial charge is 0.241 e. The number of carbonyl (C=O) groups is 1. The molecular weight excluding hydrogens is 533 g/mol. The predicted octanol–water partition coefficient (Wildman–Crippen LogP) is 2.94. The van der Waals surface area contributed by atoms with Crippen LogP contribution in [0.15, 0.2) is 36.5 Å². The molecule has 0 radical (unpaired) electrons. The first-order valence-electron chi connectivity index (χ1n) is 14.9. The molecule has 1 aromatic carbocycles. The Balaban J connectivity index is 1.33. The number of nitriles is 1. The molecule has 3 atom stereocenters. The van der Waals surface area contributed by atoms with Gasteiger partial charge < -0.3 is 15.0 Å². The summed E-state index contributed by atoms with van der Waals surface area (Å²) in [5.74, 6) is -0.228. The molecule has 3 aliphatic heterocycles. The van der Waals surface area contributed by atoms with Gasteiger partial charge in [0.25, 0.3) is 0 Å². The lowest BCUT2D eigenvalue weighted by atomic mass is 9.90. The second-order valence-electron chi connectivity index (χ2n) is 12.8. The molecule has 9 nitrogen and oxygen atoms in total. The fraction of sp³-hybridized carbons (Fsp3) is 0.531. The molecule has 42 heavy (non-hydrogen) atoms. The predicted molar refractivity (Wildman–Crippen MR) is 159 cm³/mol. The Morgan fingerprint density at radius 2 is 2.02 bits per heavy atom. The molecule has 0 aliphatic carbocycles. The van der Waals surface area contributed by atoms with Crippen molar-refractivity contribution in [2.24, 2.45) is 0 Å². The highest BCUT2D eigenvalue weighted by molar-refractivity contribution is 5.98. The van der Waals surface area contributed by atoms with Crippen molar-refractivity contribution >= 4 is 17.2 Å². The number of piperazine rings is 1. The van der Waals surface area contributed by atoms with E-state index >= 15 is 0 Å². The van der Waals surface area contributed by atoms with Gasteiger partial charge in [0.2, 0.25) is 5.91 Å². The molecule has 0 saturated carbocycles. The van der Waals surface area contributed by atoms with Crippen LogP contribution in [0.3, 0.4) is 0 Å². The van der Waals surface area contributed by atoms with Crippen molar-refractivity contribution in [3.05, 3.63) is 64.9 Å². The second-order valence-corrected chi connectivity index (χ2v) is 12.8. The number of ether oxygens (including phenoxy) is 1. The number of anilines is 1. The highest BCUT2D eigenvalue weighted by Crippen LogP contribution is 2.43. The highest BCUT2D eigenvalue weighted by Gasteiger charge is 2.42. The van der Waals surface area contributed by atoms with E-state index in [1.165, 1.54) is 12.1 Å². The SMILES string of the molecule is C[C@@H]1CN(CC(=O)N2CC(C)(C)c3c2cc(Cc2ccc(F)cc2)c2ncc(C#N)n32)[C@@H](CN2CCOC[C@H]2C)CN1. The number of halogens is 1. The number of amides is 1. The summed E-state index contributed by atoms with van der Waals surface area (Å²) in [6, 6.07) is 11.7. The van der Waals surface area contributed by atoms with Crippen LogP contribution in [0.1, 0.15) is 50.2 Å². The first-order valence-corrected chi connectivity index (χ1v) is 14.9. The number of nitrogens with one attached hydrogen (secondary N) is 1. The standard InChI is InChI=1S/C32H40FN7O2/c1-21-16-38(27(15-35-21)17-37-9-10-42-19-22(37)2)18-29(41)39-20-32(3,4)30-28(39)12-24(11-23-5-7-25(33)8-6-23)31-36-14-26(13-34)40(30)31/h5-8,12,14,21-22,27,35H,9-11,15-20H2,1-4H3/t21-,22-,27-/m1/s1. The van der Waals surface area contributed by atoms with Gasteiger partial charge in [0.15, 0.2) is 0 Å². The summed E-state index contributed by atoms with van der Waals surface area (Å²) in [4.78, 5) is 25.5. The van der Waals surface area contributed by atoms with Gasteiger partial charge in [-0.2, -0.15) is 5.26 Å². The fourth-order valence-corrected chi connectivity index (χ4v) is 6.85. The monoisotopic (exact) mass is 573 g/mol. The Bertz CT molecular complexity index is 1510. The van der Waals surface area contributed by atoms with Gasteiger partial charge in [-0.25, -0.2) is 9.37 Å². The Morgan fingerprint density at radius 3 is 2.76 bits per heavy atom. The van der Waals surface area contributed by atoms with E-state index in [9.17, 15) is 14.4 Å². The number of morpholine rings is 1. The number of hydrogen-bond acceptors (Lipinski definition) is 7. The zero-order valence-electron chi connectivity index (χ0n) is 24.9. The van der Waals surface area contributed by atoms with Crippen molar-refractivity contribution in [1.29, 1.82) is 5.26 Å². The van der Waals surface area contributed by atoms with Crippen LogP contribution in [0.2, 0.25) is 0 Å². The molecule has 2 aromatic heterocycles. The summed E-state index contributed by atoms with van der Waals surface area (Å²) in [5, 5.41) is 13.6. The minimum Gasteiger partial charge on any atom is -0.379 e. The number of rotatable bonds is 6. The van der Waals surface area contributed by atoms with Gasteiger partial charge in [-0.3, -0.25) is 19.0 Å².